The van der Waals surface area contributed by atoms with Crippen molar-refractivity contribution in [2.24, 2.45) is 5.92 Å². The van der Waals surface area contributed by atoms with Crippen LogP contribution in [0.5, 0.6) is 0 Å². The SMILES string of the molecule is C=C(C)C(=O)NC(C)N1CC(C)CC1=O. The van der Waals surface area contributed by atoms with Gasteiger partial charge in [-0.2, -0.15) is 0 Å². The van der Waals surface area contributed by atoms with Crippen molar-refractivity contribution in [2.75, 3.05) is 6.54 Å². The first-order valence-corrected chi connectivity index (χ1v) is 5.17. The Morgan fingerprint density at radius 1 is 1.67 bits per heavy atom. The molecular formula is C11H18N2O2. The Bertz CT molecular complexity index is 299. The molecule has 0 aromatic carbocycles. The lowest BCUT2D eigenvalue weighted by Gasteiger charge is -2.25. The quantitative estimate of drug-likeness (QED) is 0.703. The third kappa shape index (κ3) is 2.81. The summed E-state index contributed by atoms with van der Waals surface area (Å²) in [7, 11) is 0. The summed E-state index contributed by atoms with van der Waals surface area (Å²) in [5, 5.41) is 2.74. The summed E-state index contributed by atoms with van der Waals surface area (Å²) in [4.78, 5) is 24.6. The van der Waals surface area contributed by atoms with Crippen LogP contribution in [0.2, 0.25) is 0 Å². The lowest BCUT2D eigenvalue weighted by atomic mass is 10.2. The molecule has 0 saturated carbocycles. The van der Waals surface area contributed by atoms with Gasteiger partial charge in [-0.25, -0.2) is 0 Å². The van der Waals surface area contributed by atoms with E-state index in [9.17, 15) is 9.59 Å². The van der Waals surface area contributed by atoms with E-state index in [1.54, 1.807) is 11.8 Å². The van der Waals surface area contributed by atoms with Crippen molar-refractivity contribution < 1.29 is 9.59 Å². The van der Waals surface area contributed by atoms with E-state index in [2.05, 4.69) is 11.9 Å². The zero-order valence-electron chi connectivity index (χ0n) is 9.54. The predicted octanol–water partition coefficient (Wildman–Crippen LogP) is 0.893. The van der Waals surface area contributed by atoms with Crippen LogP contribution in [0, 0.1) is 5.92 Å². The van der Waals surface area contributed by atoms with Crippen LogP contribution in [0.25, 0.3) is 0 Å². The number of hydrogen-bond donors (Lipinski definition) is 1. The Morgan fingerprint density at radius 2 is 2.27 bits per heavy atom. The van der Waals surface area contributed by atoms with Crippen molar-refractivity contribution >= 4 is 11.8 Å². The summed E-state index contributed by atoms with van der Waals surface area (Å²) in [6.07, 6.45) is 0.333. The maximum atomic E-state index is 11.5. The van der Waals surface area contributed by atoms with Gasteiger partial charge >= 0.3 is 0 Å². The van der Waals surface area contributed by atoms with Gasteiger partial charge in [-0.1, -0.05) is 13.5 Å². The molecule has 15 heavy (non-hydrogen) atoms. The molecule has 0 aliphatic carbocycles. The van der Waals surface area contributed by atoms with Crippen molar-refractivity contribution in [1.29, 1.82) is 0 Å². The first-order chi connectivity index (χ1) is 6.91. The highest BCUT2D eigenvalue weighted by Gasteiger charge is 2.30. The summed E-state index contributed by atoms with van der Waals surface area (Å²) >= 11 is 0. The van der Waals surface area contributed by atoms with E-state index in [-0.39, 0.29) is 18.0 Å². The Labute approximate surface area is 90.3 Å². The van der Waals surface area contributed by atoms with E-state index in [1.807, 2.05) is 13.8 Å². The van der Waals surface area contributed by atoms with Gasteiger partial charge in [-0.3, -0.25) is 9.59 Å². The third-order valence-electron chi connectivity index (χ3n) is 2.55. The smallest absolute Gasteiger partial charge is 0.247 e. The average Bonchev–Trinajstić information content (AvgIpc) is 2.44. The number of rotatable bonds is 3. The molecule has 0 aromatic heterocycles. The number of carbonyl (C=O) groups is 2. The number of likely N-dealkylation sites (tertiary alicyclic amines) is 1. The minimum absolute atomic E-state index is 0.108. The van der Waals surface area contributed by atoms with Crippen LogP contribution in [0.4, 0.5) is 0 Å². The molecule has 4 nitrogen and oxygen atoms in total. The van der Waals surface area contributed by atoms with Gasteiger partial charge in [0, 0.05) is 18.5 Å². The van der Waals surface area contributed by atoms with Crippen LogP contribution in [0.1, 0.15) is 27.2 Å². The Kier molecular flexibility index (Phi) is 3.50. The van der Waals surface area contributed by atoms with Crippen molar-refractivity contribution in [1.82, 2.24) is 10.2 Å². The molecule has 1 aliphatic rings. The summed E-state index contributed by atoms with van der Waals surface area (Å²) < 4.78 is 0. The molecule has 1 fully saturated rings. The molecule has 0 spiro atoms. The van der Waals surface area contributed by atoms with Crippen LogP contribution in [-0.4, -0.2) is 29.4 Å². The highest BCUT2D eigenvalue weighted by Crippen LogP contribution is 2.18. The van der Waals surface area contributed by atoms with Gasteiger partial charge in [0.05, 0.1) is 0 Å². The van der Waals surface area contributed by atoms with Gasteiger partial charge in [0.1, 0.15) is 6.17 Å². The summed E-state index contributed by atoms with van der Waals surface area (Å²) in [5.41, 5.74) is 0.460. The van der Waals surface area contributed by atoms with Gasteiger partial charge in [0.15, 0.2) is 0 Å². The maximum absolute atomic E-state index is 11.5. The van der Waals surface area contributed by atoms with Gasteiger partial charge < -0.3 is 10.2 Å². The van der Waals surface area contributed by atoms with Crippen molar-refractivity contribution in [3.05, 3.63) is 12.2 Å². The molecule has 0 radical (unpaired) electrons. The molecule has 1 aliphatic heterocycles. The maximum Gasteiger partial charge on any atom is 0.247 e. The zero-order valence-corrected chi connectivity index (χ0v) is 9.54. The van der Waals surface area contributed by atoms with Crippen molar-refractivity contribution in [3.63, 3.8) is 0 Å². The Hall–Kier alpha value is -1.32. The lowest BCUT2D eigenvalue weighted by molar-refractivity contribution is -0.131. The number of amides is 2. The molecule has 0 bridgehead atoms. The van der Waals surface area contributed by atoms with Crippen LogP contribution >= 0.6 is 0 Å². The standard InChI is InChI=1S/C11H18N2O2/c1-7(2)11(15)12-9(4)13-6-8(3)5-10(13)14/h8-9H,1,5-6H2,2-4H3,(H,12,15). The minimum atomic E-state index is -0.244. The summed E-state index contributed by atoms with van der Waals surface area (Å²) in [5.74, 6) is 0.286. The van der Waals surface area contributed by atoms with Crippen LogP contribution in [-0.2, 0) is 9.59 Å². The first-order valence-electron chi connectivity index (χ1n) is 5.17. The van der Waals surface area contributed by atoms with E-state index in [4.69, 9.17) is 0 Å². The molecule has 2 amide bonds. The number of nitrogens with zero attached hydrogens (tertiary/aromatic N) is 1. The lowest BCUT2D eigenvalue weighted by Crippen LogP contribution is -2.47. The molecule has 0 aromatic rings. The van der Waals surface area contributed by atoms with Gasteiger partial charge in [-0.15, -0.1) is 0 Å². The molecule has 84 valence electrons. The monoisotopic (exact) mass is 210 g/mol. The number of hydrogen-bond acceptors (Lipinski definition) is 2. The topological polar surface area (TPSA) is 49.4 Å². The van der Waals surface area contributed by atoms with E-state index in [0.29, 0.717) is 17.9 Å². The number of nitrogens with one attached hydrogen (secondary N) is 1. The van der Waals surface area contributed by atoms with Gasteiger partial charge in [-0.05, 0) is 19.8 Å². The molecule has 2 atom stereocenters. The molecule has 4 heteroatoms. The highest BCUT2D eigenvalue weighted by atomic mass is 16.2. The second-order valence-corrected chi connectivity index (χ2v) is 4.29. The van der Waals surface area contributed by atoms with E-state index < -0.39 is 0 Å². The Balaban J connectivity index is 2.54. The van der Waals surface area contributed by atoms with E-state index in [0.717, 1.165) is 6.54 Å². The summed E-state index contributed by atoms with van der Waals surface area (Å²) in [6, 6.07) is 0. The first kappa shape index (κ1) is 11.8. The predicted molar refractivity (Wildman–Crippen MR) is 57.9 cm³/mol. The molecule has 1 heterocycles. The second-order valence-electron chi connectivity index (χ2n) is 4.29. The Morgan fingerprint density at radius 3 is 2.67 bits per heavy atom. The fourth-order valence-corrected chi connectivity index (χ4v) is 1.68. The molecular weight excluding hydrogens is 192 g/mol. The average molecular weight is 210 g/mol. The third-order valence-corrected chi connectivity index (χ3v) is 2.55. The summed E-state index contributed by atoms with van der Waals surface area (Å²) in [6.45, 7) is 9.77. The second kappa shape index (κ2) is 4.47. The fourth-order valence-electron chi connectivity index (χ4n) is 1.68. The van der Waals surface area contributed by atoms with Gasteiger partial charge in [0.2, 0.25) is 11.8 Å². The number of carbonyl (C=O) groups excluding carboxylic acids is 2. The molecule has 1 rings (SSSR count). The molecule has 1 N–H and O–H groups in total. The van der Waals surface area contributed by atoms with E-state index in [1.165, 1.54) is 0 Å². The van der Waals surface area contributed by atoms with Crippen molar-refractivity contribution in [2.45, 2.75) is 33.4 Å². The molecule has 1 saturated heterocycles. The van der Waals surface area contributed by atoms with E-state index >= 15 is 0 Å². The highest BCUT2D eigenvalue weighted by molar-refractivity contribution is 5.92. The van der Waals surface area contributed by atoms with Crippen LogP contribution < -0.4 is 5.32 Å². The van der Waals surface area contributed by atoms with Crippen LogP contribution in [0.3, 0.4) is 0 Å². The van der Waals surface area contributed by atoms with Crippen molar-refractivity contribution in [3.8, 4) is 0 Å². The normalized spacial score (nSPS) is 22.7. The largest absolute Gasteiger partial charge is 0.332 e. The molecule has 2 unspecified atom stereocenters. The minimum Gasteiger partial charge on any atom is -0.332 e. The fraction of sp³-hybridized carbons (Fsp3) is 0.636. The van der Waals surface area contributed by atoms with Gasteiger partial charge in [0.25, 0.3) is 0 Å². The van der Waals surface area contributed by atoms with Crippen LogP contribution in [0.15, 0.2) is 12.2 Å². The zero-order chi connectivity index (χ0) is 11.6.